The second-order valence-electron chi connectivity index (χ2n) is 6.67. The van der Waals surface area contributed by atoms with E-state index in [0.29, 0.717) is 11.7 Å². The Kier molecular flexibility index (Phi) is 3.90. The zero-order chi connectivity index (χ0) is 14.9. The fraction of sp³-hybridized carbons (Fsp3) is 0.474. The quantitative estimate of drug-likeness (QED) is 0.851. The minimum absolute atomic E-state index is 0.172. The third kappa shape index (κ3) is 2.65. The molecule has 1 saturated heterocycles. The van der Waals surface area contributed by atoms with Crippen LogP contribution in [-0.2, 0) is 5.41 Å². The highest BCUT2D eigenvalue weighted by Gasteiger charge is 2.46. The largest absolute Gasteiger partial charge is 0.508 e. The van der Waals surface area contributed by atoms with Crippen molar-refractivity contribution in [2.75, 3.05) is 19.6 Å². The third-order valence-electron chi connectivity index (χ3n) is 5.35. The summed E-state index contributed by atoms with van der Waals surface area (Å²) in [6.45, 7) is 11.3. The maximum absolute atomic E-state index is 9.89. The van der Waals surface area contributed by atoms with Crippen molar-refractivity contribution in [2.45, 2.75) is 31.1 Å². The van der Waals surface area contributed by atoms with Crippen molar-refractivity contribution in [1.29, 1.82) is 0 Å². The molecule has 2 atom stereocenters. The summed E-state index contributed by atoms with van der Waals surface area (Å²) in [4.78, 5) is 2.51. The first-order chi connectivity index (χ1) is 10.1. The summed E-state index contributed by atoms with van der Waals surface area (Å²) < 4.78 is 0. The number of phenolic OH excluding ortho intramolecular Hbond substituents is 1. The van der Waals surface area contributed by atoms with Gasteiger partial charge in [-0.25, -0.2) is 0 Å². The van der Waals surface area contributed by atoms with Gasteiger partial charge in [-0.3, -0.25) is 4.90 Å². The number of hydrogen-bond acceptors (Lipinski definition) is 2. The van der Waals surface area contributed by atoms with Crippen LogP contribution < -0.4 is 0 Å². The number of fused-ring (bicyclic) bond motifs is 1. The first-order valence-electron chi connectivity index (χ1n) is 7.93. The summed E-state index contributed by atoms with van der Waals surface area (Å²) in [7, 11) is 0. The van der Waals surface area contributed by atoms with Crippen LogP contribution in [0.2, 0.25) is 0 Å². The molecule has 21 heavy (non-hydrogen) atoms. The van der Waals surface area contributed by atoms with Gasteiger partial charge in [0.1, 0.15) is 5.75 Å². The van der Waals surface area contributed by atoms with Crippen LogP contribution in [0.3, 0.4) is 0 Å². The van der Waals surface area contributed by atoms with Crippen LogP contribution in [0.15, 0.2) is 49.1 Å². The average Bonchev–Trinajstić information content (AvgIpc) is 2.48. The molecule has 2 heteroatoms. The van der Waals surface area contributed by atoms with E-state index in [4.69, 9.17) is 0 Å². The molecule has 1 aromatic rings. The van der Waals surface area contributed by atoms with E-state index in [0.717, 1.165) is 38.9 Å². The van der Waals surface area contributed by atoms with E-state index in [1.807, 2.05) is 18.2 Å². The minimum atomic E-state index is 0.172. The van der Waals surface area contributed by atoms with Gasteiger partial charge in [-0.1, -0.05) is 30.4 Å². The van der Waals surface area contributed by atoms with Crippen LogP contribution in [0.25, 0.3) is 0 Å². The van der Waals surface area contributed by atoms with E-state index in [-0.39, 0.29) is 5.41 Å². The molecule has 1 aliphatic heterocycles. The van der Waals surface area contributed by atoms with E-state index in [9.17, 15) is 5.11 Å². The second kappa shape index (κ2) is 5.69. The highest BCUT2D eigenvalue weighted by Crippen LogP contribution is 2.50. The molecule has 0 aromatic heterocycles. The Hall–Kier alpha value is -1.54. The second-order valence-corrected chi connectivity index (χ2v) is 6.67. The standard InChI is InChI=1S/C19H25NO/c1-3-10-20-11-9-19(16-5-4-6-18(21)12-16)13-15(2)7-8-17(19)14-20/h3-6,12,17,21H,1-2,7-11,13-14H2/t17-,19?/m0/s1. The van der Waals surface area contributed by atoms with E-state index >= 15 is 0 Å². The third-order valence-corrected chi connectivity index (χ3v) is 5.35. The van der Waals surface area contributed by atoms with E-state index in [1.54, 1.807) is 6.07 Å². The molecule has 0 radical (unpaired) electrons. The van der Waals surface area contributed by atoms with E-state index < -0.39 is 0 Å². The molecule has 2 aliphatic rings. The molecule has 1 saturated carbocycles. The number of piperidine rings is 1. The lowest BCUT2D eigenvalue weighted by atomic mass is 9.58. The van der Waals surface area contributed by atoms with Gasteiger partial charge < -0.3 is 5.11 Å². The van der Waals surface area contributed by atoms with Crippen molar-refractivity contribution in [3.8, 4) is 5.75 Å². The molecule has 1 unspecified atom stereocenters. The molecular weight excluding hydrogens is 258 g/mol. The molecule has 2 nitrogen and oxygen atoms in total. The number of benzene rings is 1. The molecular formula is C19H25NO. The molecule has 1 N–H and O–H groups in total. The van der Waals surface area contributed by atoms with E-state index in [1.165, 1.54) is 17.6 Å². The van der Waals surface area contributed by atoms with Crippen LogP contribution in [0.1, 0.15) is 31.2 Å². The molecule has 1 heterocycles. The minimum Gasteiger partial charge on any atom is -0.508 e. The SMILES string of the molecule is C=CCN1CCC2(c3cccc(O)c3)CC(=C)CC[C@H]2C1. The number of phenols is 1. The number of hydrogen-bond donors (Lipinski definition) is 1. The van der Waals surface area contributed by atoms with Crippen molar-refractivity contribution in [3.05, 3.63) is 54.6 Å². The molecule has 0 spiro atoms. The lowest BCUT2D eigenvalue weighted by molar-refractivity contribution is 0.0786. The molecule has 1 aliphatic carbocycles. The number of rotatable bonds is 3. The van der Waals surface area contributed by atoms with Gasteiger partial charge in [-0.15, -0.1) is 6.58 Å². The van der Waals surface area contributed by atoms with Crippen LogP contribution >= 0.6 is 0 Å². The summed E-state index contributed by atoms with van der Waals surface area (Å²) in [5.74, 6) is 1.03. The van der Waals surface area contributed by atoms with Gasteiger partial charge in [-0.2, -0.15) is 0 Å². The van der Waals surface area contributed by atoms with Crippen LogP contribution in [0.5, 0.6) is 5.75 Å². The molecule has 1 aromatic carbocycles. The molecule has 2 fully saturated rings. The monoisotopic (exact) mass is 283 g/mol. The number of allylic oxidation sites excluding steroid dienone is 1. The highest BCUT2D eigenvalue weighted by molar-refractivity contribution is 5.37. The number of nitrogens with zero attached hydrogens (tertiary/aromatic N) is 1. The predicted octanol–water partition coefficient (Wildman–Crippen LogP) is 3.88. The zero-order valence-corrected chi connectivity index (χ0v) is 12.7. The van der Waals surface area contributed by atoms with Gasteiger partial charge in [0.15, 0.2) is 0 Å². The van der Waals surface area contributed by atoms with Gasteiger partial charge in [0.25, 0.3) is 0 Å². The Morgan fingerprint density at radius 3 is 3.05 bits per heavy atom. The van der Waals surface area contributed by atoms with Crippen molar-refractivity contribution < 1.29 is 5.11 Å². The van der Waals surface area contributed by atoms with Gasteiger partial charge in [0.05, 0.1) is 0 Å². The Labute approximate surface area is 127 Å². The molecule has 112 valence electrons. The lowest BCUT2D eigenvalue weighted by Crippen LogP contribution is -2.51. The van der Waals surface area contributed by atoms with Gasteiger partial charge in [0, 0.05) is 18.5 Å². The zero-order valence-electron chi connectivity index (χ0n) is 12.7. The Balaban J connectivity index is 1.95. The number of aromatic hydroxyl groups is 1. The first kappa shape index (κ1) is 14.4. The molecule has 0 bridgehead atoms. The summed E-state index contributed by atoms with van der Waals surface area (Å²) >= 11 is 0. The fourth-order valence-electron chi connectivity index (χ4n) is 4.30. The predicted molar refractivity (Wildman–Crippen MR) is 87.5 cm³/mol. The van der Waals surface area contributed by atoms with Gasteiger partial charge in [-0.05, 0) is 55.8 Å². The Morgan fingerprint density at radius 1 is 1.43 bits per heavy atom. The maximum Gasteiger partial charge on any atom is 0.115 e. The van der Waals surface area contributed by atoms with Gasteiger partial charge >= 0.3 is 0 Å². The average molecular weight is 283 g/mol. The van der Waals surface area contributed by atoms with Crippen LogP contribution in [0.4, 0.5) is 0 Å². The van der Waals surface area contributed by atoms with Crippen molar-refractivity contribution >= 4 is 0 Å². The topological polar surface area (TPSA) is 23.5 Å². The van der Waals surface area contributed by atoms with Crippen molar-refractivity contribution in [3.63, 3.8) is 0 Å². The highest BCUT2D eigenvalue weighted by atomic mass is 16.3. The Bertz CT molecular complexity index is 550. The normalized spacial score (nSPS) is 29.9. The van der Waals surface area contributed by atoms with Crippen LogP contribution in [0, 0.1) is 5.92 Å². The maximum atomic E-state index is 9.89. The number of likely N-dealkylation sites (tertiary alicyclic amines) is 1. The smallest absolute Gasteiger partial charge is 0.115 e. The summed E-state index contributed by atoms with van der Waals surface area (Å²) in [5, 5.41) is 9.89. The van der Waals surface area contributed by atoms with Gasteiger partial charge in [0.2, 0.25) is 0 Å². The molecule has 3 rings (SSSR count). The lowest BCUT2D eigenvalue weighted by Gasteiger charge is -2.51. The first-order valence-corrected chi connectivity index (χ1v) is 7.93. The molecule has 0 amide bonds. The summed E-state index contributed by atoms with van der Waals surface area (Å²) in [5.41, 5.74) is 2.84. The van der Waals surface area contributed by atoms with Crippen molar-refractivity contribution in [1.82, 2.24) is 4.90 Å². The van der Waals surface area contributed by atoms with E-state index in [2.05, 4.69) is 24.1 Å². The van der Waals surface area contributed by atoms with Crippen molar-refractivity contribution in [2.24, 2.45) is 5.92 Å². The van der Waals surface area contributed by atoms with Crippen LogP contribution in [-0.4, -0.2) is 29.6 Å². The summed E-state index contributed by atoms with van der Waals surface area (Å²) in [6, 6.07) is 7.90. The Morgan fingerprint density at radius 2 is 2.29 bits per heavy atom. The fourth-order valence-corrected chi connectivity index (χ4v) is 4.30. The summed E-state index contributed by atoms with van der Waals surface area (Å²) in [6.07, 6.45) is 6.58.